The van der Waals surface area contributed by atoms with Gasteiger partial charge in [-0.25, -0.2) is 17.6 Å². The van der Waals surface area contributed by atoms with E-state index in [-0.39, 0.29) is 11.1 Å². The summed E-state index contributed by atoms with van der Waals surface area (Å²) in [5.41, 5.74) is 4.47. The molecular weight excluding hydrogens is 234 g/mol. The summed E-state index contributed by atoms with van der Waals surface area (Å²) in [6, 6.07) is 4.77. The van der Waals surface area contributed by atoms with E-state index in [2.05, 4.69) is 0 Å². The Morgan fingerprint density at radius 3 is 2.24 bits per heavy atom. The molecule has 0 aliphatic heterocycles. The van der Waals surface area contributed by atoms with Crippen LogP contribution in [0.25, 0.3) is 11.1 Å². The highest BCUT2D eigenvalue weighted by Crippen LogP contribution is 2.31. The Morgan fingerprint density at radius 1 is 0.824 bits per heavy atom. The zero-order chi connectivity index (χ0) is 12.6. The van der Waals surface area contributed by atoms with Crippen molar-refractivity contribution < 1.29 is 17.6 Å². The lowest BCUT2D eigenvalue weighted by atomic mass is 10.0. The van der Waals surface area contributed by atoms with Crippen LogP contribution in [-0.4, -0.2) is 0 Å². The standard InChI is InChI=1S/C12H7F4N/c13-6-4-8(12(17)10(15)5-6)7-2-1-3-9(14)11(7)16/h1-5H,17H2. The van der Waals surface area contributed by atoms with Gasteiger partial charge in [-0.15, -0.1) is 0 Å². The van der Waals surface area contributed by atoms with Crippen LogP contribution in [-0.2, 0) is 0 Å². The minimum atomic E-state index is -1.19. The summed E-state index contributed by atoms with van der Waals surface area (Å²) in [4.78, 5) is 0. The predicted octanol–water partition coefficient (Wildman–Crippen LogP) is 3.49. The lowest BCUT2D eigenvalue weighted by molar-refractivity contribution is 0.511. The van der Waals surface area contributed by atoms with Gasteiger partial charge < -0.3 is 5.73 Å². The fourth-order valence-corrected chi connectivity index (χ4v) is 1.52. The molecule has 0 spiro atoms. The second kappa shape index (κ2) is 4.08. The zero-order valence-corrected chi connectivity index (χ0v) is 8.48. The second-order valence-corrected chi connectivity index (χ2v) is 3.45. The molecule has 1 nitrogen and oxygen atoms in total. The van der Waals surface area contributed by atoms with Gasteiger partial charge in [-0.05, 0) is 12.1 Å². The first-order valence-corrected chi connectivity index (χ1v) is 4.69. The van der Waals surface area contributed by atoms with Crippen LogP contribution in [0, 0.1) is 23.3 Å². The fourth-order valence-electron chi connectivity index (χ4n) is 1.52. The molecule has 0 aliphatic rings. The van der Waals surface area contributed by atoms with Crippen molar-refractivity contribution in [2.45, 2.75) is 0 Å². The van der Waals surface area contributed by atoms with Crippen LogP contribution >= 0.6 is 0 Å². The molecule has 0 fully saturated rings. The largest absolute Gasteiger partial charge is 0.396 e. The molecule has 0 amide bonds. The highest BCUT2D eigenvalue weighted by atomic mass is 19.2. The molecule has 0 radical (unpaired) electrons. The summed E-state index contributed by atoms with van der Waals surface area (Å²) in [5, 5.41) is 0. The van der Waals surface area contributed by atoms with Gasteiger partial charge in [0.25, 0.3) is 0 Å². The van der Waals surface area contributed by atoms with Gasteiger partial charge in [0.1, 0.15) is 11.6 Å². The van der Waals surface area contributed by atoms with E-state index >= 15 is 0 Å². The van der Waals surface area contributed by atoms with Gasteiger partial charge in [-0.3, -0.25) is 0 Å². The molecule has 88 valence electrons. The maximum atomic E-state index is 13.5. The first-order chi connectivity index (χ1) is 8.00. The van der Waals surface area contributed by atoms with Crippen molar-refractivity contribution in [2.75, 3.05) is 5.73 Å². The van der Waals surface area contributed by atoms with Crippen molar-refractivity contribution in [1.29, 1.82) is 0 Å². The molecule has 2 aromatic rings. The predicted molar refractivity (Wildman–Crippen MR) is 56.1 cm³/mol. The van der Waals surface area contributed by atoms with E-state index in [0.717, 1.165) is 12.1 Å². The lowest BCUT2D eigenvalue weighted by Gasteiger charge is -2.08. The van der Waals surface area contributed by atoms with Crippen LogP contribution in [0.15, 0.2) is 30.3 Å². The summed E-state index contributed by atoms with van der Waals surface area (Å²) < 4.78 is 52.6. The third-order valence-corrected chi connectivity index (χ3v) is 2.34. The van der Waals surface area contributed by atoms with Crippen LogP contribution in [0.2, 0.25) is 0 Å². The van der Waals surface area contributed by atoms with Crippen LogP contribution < -0.4 is 5.73 Å². The first-order valence-electron chi connectivity index (χ1n) is 4.69. The van der Waals surface area contributed by atoms with Gasteiger partial charge in [0.2, 0.25) is 0 Å². The first kappa shape index (κ1) is 11.4. The lowest BCUT2D eigenvalue weighted by Crippen LogP contribution is -1.98. The number of benzene rings is 2. The van der Waals surface area contributed by atoms with Gasteiger partial charge >= 0.3 is 0 Å². The Hall–Kier alpha value is -2.04. The van der Waals surface area contributed by atoms with Crippen molar-refractivity contribution in [1.82, 2.24) is 0 Å². The highest BCUT2D eigenvalue weighted by molar-refractivity contribution is 5.77. The molecule has 0 saturated heterocycles. The molecule has 0 aliphatic carbocycles. The van der Waals surface area contributed by atoms with Gasteiger partial charge in [0, 0.05) is 17.2 Å². The van der Waals surface area contributed by atoms with Gasteiger partial charge in [0.05, 0.1) is 5.69 Å². The number of nitrogen functional groups attached to an aromatic ring is 1. The summed E-state index contributed by atoms with van der Waals surface area (Å²) in [6.07, 6.45) is 0. The zero-order valence-electron chi connectivity index (χ0n) is 8.48. The number of hydrogen-bond acceptors (Lipinski definition) is 1. The smallest absolute Gasteiger partial charge is 0.166 e. The van der Waals surface area contributed by atoms with Gasteiger partial charge in [-0.2, -0.15) is 0 Å². The average molecular weight is 241 g/mol. The maximum Gasteiger partial charge on any atom is 0.166 e. The molecule has 5 heteroatoms. The van der Waals surface area contributed by atoms with Gasteiger partial charge in [-0.1, -0.05) is 12.1 Å². The van der Waals surface area contributed by atoms with Crippen LogP contribution in [0.3, 0.4) is 0 Å². The molecule has 2 aromatic carbocycles. The molecule has 0 unspecified atom stereocenters. The van der Waals surface area contributed by atoms with E-state index in [0.29, 0.717) is 6.07 Å². The fraction of sp³-hybridized carbons (Fsp3) is 0. The normalized spacial score (nSPS) is 10.6. The molecule has 0 saturated carbocycles. The minimum absolute atomic E-state index is 0.209. The maximum absolute atomic E-state index is 13.5. The monoisotopic (exact) mass is 241 g/mol. The Morgan fingerprint density at radius 2 is 1.53 bits per heavy atom. The molecule has 0 aromatic heterocycles. The van der Waals surface area contributed by atoms with E-state index in [1.165, 1.54) is 12.1 Å². The minimum Gasteiger partial charge on any atom is -0.396 e. The quantitative estimate of drug-likeness (QED) is 0.600. The molecule has 17 heavy (non-hydrogen) atoms. The average Bonchev–Trinajstić information content (AvgIpc) is 2.27. The summed E-state index contributed by atoms with van der Waals surface area (Å²) >= 11 is 0. The van der Waals surface area contributed by atoms with Crippen LogP contribution in [0.1, 0.15) is 0 Å². The number of anilines is 1. The second-order valence-electron chi connectivity index (χ2n) is 3.45. The molecule has 2 N–H and O–H groups in total. The topological polar surface area (TPSA) is 26.0 Å². The van der Waals surface area contributed by atoms with E-state index < -0.39 is 29.0 Å². The van der Waals surface area contributed by atoms with Crippen molar-refractivity contribution in [2.24, 2.45) is 0 Å². The summed E-state index contributed by atoms with van der Waals surface area (Å²) in [6.45, 7) is 0. The Balaban J connectivity index is 2.73. The van der Waals surface area contributed by atoms with E-state index in [9.17, 15) is 17.6 Å². The van der Waals surface area contributed by atoms with Crippen molar-refractivity contribution in [3.8, 4) is 11.1 Å². The molecule has 0 heterocycles. The Kier molecular flexibility index (Phi) is 2.75. The molecule has 0 atom stereocenters. The van der Waals surface area contributed by atoms with Crippen molar-refractivity contribution in [3.63, 3.8) is 0 Å². The van der Waals surface area contributed by atoms with Crippen molar-refractivity contribution in [3.05, 3.63) is 53.6 Å². The molecule has 2 rings (SSSR count). The van der Waals surface area contributed by atoms with Crippen molar-refractivity contribution >= 4 is 5.69 Å². The van der Waals surface area contributed by atoms with E-state index in [1.807, 2.05) is 0 Å². The van der Waals surface area contributed by atoms with E-state index in [1.54, 1.807) is 0 Å². The van der Waals surface area contributed by atoms with Crippen LogP contribution in [0.4, 0.5) is 23.2 Å². The SMILES string of the molecule is Nc1c(F)cc(F)cc1-c1cccc(F)c1F. The molecular formula is C12H7F4N. The van der Waals surface area contributed by atoms with Crippen LogP contribution in [0.5, 0.6) is 0 Å². The Labute approximate surface area is 94.5 Å². The highest BCUT2D eigenvalue weighted by Gasteiger charge is 2.15. The molecule has 0 bridgehead atoms. The number of halogens is 4. The Bertz CT molecular complexity index is 581. The third-order valence-electron chi connectivity index (χ3n) is 2.34. The number of hydrogen-bond donors (Lipinski definition) is 1. The van der Waals surface area contributed by atoms with E-state index in [4.69, 9.17) is 5.73 Å². The number of rotatable bonds is 1. The summed E-state index contributed by atoms with van der Waals surface area (Å²) in [5.74, 6) is -4.21. The summed E-state index contributed by atoms with van der Waals surface area (Å²) in [7, 11) is 0. The number of nitrogens with two attached hydrogens (primary N) is 1. The third kappa shape index (κ3) is 1.95. The van der Waals surface area contributed by atoms with Gasteiger partial charge in [0.15, 0.2) is 11.6 Å².